The van der Waals surface area contributed by atoms with Crippen LogP contribution in [0.15, 0.2) is 35.7 Å². The van der Waals surface area contributed by atoms with Crippen LogP contribution in [0.5, 0.6) is 0 Å². The molecule has 0 radical (unpaired) electrons. The van der Waals surface area contributed by atoms with Gasteiger partial charge in [0, 0.05) is 18.1 Å². The molecule has 2 rings (SSSR count). The first-order chi connectivity index (χ1) is 11.6. The van der Waals surface area contributed by atoms with Crippen molar-refractivity contribution in [2.75, 3.05) is 13.7 Å². The van der Waals surface area contributed by atoms with Crippen molar-refractivity contribution in [3.63, 3.8) is 0 Å². The summed E-state index contributed by atoms with van der Waals surface area (Å²) in [6.07, 6.45) is 0. The van der Waals surface area contributed by atoms with E-state index in [2.05, 4.69) is 15.6 Å². The van der Waals surface area contributed by atoms with Crippen molar-refractivity contribution in [1.82, 2.24) is 15.6 Å². The molecule has 0 aliphatic rings. The minimum atomic E-state index is -0.696. The number of hydrogen-bond acceptors (Lipinski definition) is 6. The van der Waals surface area contributed by atoms with Crippen LogP contribution in [-0.2, 0) is 22.6 Å². The van der Waals surface area contributed by atoms with Gasteiger partial charge in [-0.3, -0.25) is 9.59 Å². The highest BCUT2D eigenvalue weighted by atomic mass is 35.5. The summed E-state index contributed by atoms with van der Waals surface area (Å²) in [6.45, 7) is 0.800. The number of thiazole rings is 1. The summed E-state index contributed by atoms with van der Waals surface area (Å²) < 4.78 is 4.83. The molecule has 1 unspecified atom stereocenters. The van der Waals surface area contributed by atoms with Crippen LogP contribution in [-0.4, -0.2) is 36.6 Å². The van der Waals surface area contributed by atoms with Crippen molar-refractivity contribution in [3.05, 3.63) is 52.0 Å². The maximum Gasteiger partial charge on any atom is 0.251 e. The second-order valence-corrected chi connectivity index (χ2v) is 6.00. The van der Waals surface area contributed by atoms with E-state index in [0.29, 0.717) is 18.7 Å². The van der Waals surface area contributed by atoms with Crippen molar-refractivity contribution in [2.45, 2.75) is 19.1 Å². The predicted molar refractivity (Wildman–Crippen MR) is 98.7 cm³/mol. The number of nitrogens with two attached hydrogens (primary N) is 1. The molecule has 25 heavy (non-hydrogen) atoms. The largest absolute Gasteiger partial charge is 0.383 e. The standard InChI is InChI=1S/C16H20N4O3S.ClH/c1-23-9-13(17)16(22)18-7-12-10-24-14(20-12)8-19-15(21)11-5-3-2-4-6-11;/h2-6,10,13H,7-9,17H2,1H3,(H,18,22)(H,19,21);1H. The Hall–Kier alpha value is -2.00. The molecule has 1 aromatic heterocycles. The van der Waals surface area contributed by atoms with Gasteiger partial charge in [-0.05, 0) is 12.1 Å². The number of rotatable bonds is 8. The Morgan fingerprint density at radius 1 is 1.24 bits per heavy atom. The average molecular weight is 385 g/mol. The smallest absolute Gasteiger partial charge is 0.251 e. The number of hydrogen-bond donors (Lipinski definition) is 3. The summed E-state index contributed by atoms with van der Waals surface area (Å²) in [6, 6.07) is 8.29. The molecule has 9 heteroatoms. The molecule has 0 aliphatic carbocycles. The fraction of sp³-hybridized carbons (Fsp3) is 0.312. The molecule has 0 fully saturated rings. The molecule has 7 nitrogen and oxygen atoms in total. The Balaban J connectivity index is 0.00000312. The van der Waals surface area contributed by atoms with Crippen LogP contribution < -0.4 is 16.4 Å². The van der Waals surface area contributed by atoms with E-state index in [1.165, 1.54) is 18.4 Å². The van der Waals surface area contributed by atoms with E-state index in [1.54, 1.807) is 12.1 Å². The van der Waals surface area contributed by atoms with Crippen molar-refractivity contribution >= 4 is 35.6 Å². The summed E-state index contributed by atoms with van der Waals surface area (Å²) in [5.41, 5.74) is 6.96. The Morgan fingerprint density at radius 3 is 2.64 bits per heavy atom. The van der Waals surface area contributed by atoms with Crippen molar-refractivity contribution < 1.29 is 14.3 Å². The van der Waals surface area contributed by atoms with Gasteiger partial charge in [0.1, 0.15) is 11.0 Å². The molecule has 0 bridgehead atoms. The number of methoxy groups -OCH3 is 1. The van der Waals surface area contributed by atoms with Crippen LogP contribution in [0.3, 0.4) is 0 Å². The molecule has 0 spiro atoms. The molecule has 2 aromatic rings. The summed E-state index contributed by atoms with van der Waals surface area (Å²) in [7, 11) is 1.49. The molecule has 1 atom stereocenters. The lowest BCUT2D eigenvalue weighted by molar-refractivity contribution is -0.123. The highest BCUT2D eigenvalue weighted by Crippen LogP contribution is 2.10. The zero-order valence-corrected chi connectivity index (χ0v) is 15.4. The van der Waals surface area contributed by atoms with Crippen LogP contribution in [0, 0.1) is 0 Å². The summed E-state index contributed by atoms with van der Waals surface area (Å²) in [4.78, 5) is 28.0. The van der Waals surface area contributed by atoms with E-state index < -0.39 is 6.04 Å². The van der Waals surface area contributed by atoms with E-state index in [9.17, 15) is 9.59 Å². The fourth-order valence-electron chi connectivity index (χ4n) is 1.92. The van der Waals surface area contributed by atoms with Crippen molar-refractivity contribution in [2.24, 2.45) is 5.73 Å². The van der Waals surface area contributed by atoms with Gasteiger partial charge in [0.2, 0.25) is 5.91 Å². The zero-order chi connectivity index (χ0) is 17.4. The zero-order valence-electron chi connectivity index (χ0n) is 13.7. The van der Waals surface area contributed by atoms with E-state index in [4.69, 9.17) is 10.5 Å². The van der Waals surface area contributed by atoms with Gasteiger partial charge in [0.25, 0.3) is 5.91 Å². The maximum atomic E-state index is 12.0. The predicted octanol–water partition coefficient (Wildman–Crippen LogP) is 1.08. The van der Waals surface area contributed by atoms with Crippen LogP contribution in [0.25, 0.3) is 0 Å². The van der Waals surface area contributed by atoms with Crippen LogP contribution >= 0.6 is 23.7 Å². The Labute approximate surface area is 156 Å². The van der Waals surface area contributed by atoms with E-state index in [1.807, 2.05) is 23.6 Å². The molecule has 136 valence electrons. The quantitative estimate of drug-likeness (QED) is 0.631. The minimum Gasteiger partial charge on any atom is -0.383 e. The van der Waals surface area contributed by atoms with Crippen LogP contribution in [0.1, 0.15) is 21.1 Å². The van der Waals surface area contributed by atoms with Gasteiger partial charge in [0.15, 0.2) is 0 Å². The SMILES string of the molecule is COCC(N)C(=O)NCc1csc(CNC(=O)c2ccccc2)n1.Cl. The topological polar surface area (TPSA) is 106 Å². The van der Waals surface area contributed by atoms with Gasteiger partial charge in [-0.2, -0.15) is 0 Å². The lowest BCUT2D eigenvalue weighted by Crippen LogP contribution is -2.43. The number of aromatic nitrogens is 1. The Bertz CT molecular complexity index is 681. The molecular weight excluding hydrogens is 364 g/mol. The summed E-state index contributed by atoms with van der Waals surface area (Å²) >= 11 is 1.42. The van der Waals surface area contributed by atoms with Crippen molar-refractivity contribution in [1.29, 1.82) is 0 Å². The third-order valence-electron chi connectivity index (χ3n) is 3.16. The van der Waals surface area contributed by atoms with Crippen LogP contribution in [0.4, 0.5) is 0 Å². The lowest BCUT2D eigenvalue weighted by atomic mass is 10.2. The van der Waals surface area contributed by atoms with Gasteiger partial charge >= 0.3 is 0 Å². The number of carbonyl (C=O) groups is 2. The number of nitrogens with one attached hydrogen (secondary N) is 2. The van der Waals surface area contributed by atoms with Gasteiger partial charge < -0.3 is 21.1 Å². The summed E-state index contributed by atoms with van der Waals surface area (Å²) in [5, 5.41) is 8.12. The number of amides is 2. The van der Waals surface area contributed by atoms with E-state index in [-0.39, 0.29) is 30.8 Å². The molecule has 0 aliphatic heterocycles. The van der Waals surface area contributed by atoms with Gasteiger partial charge in [0.05, 0.1) is 25.4 Å². The highest BCUT2D eigenvalue weighted by Gasteiger charge is 2.13. The van der Waals surface area contributed by atoms with Gasteiger partial charge in [-0.15, -0.1) is 23.7 Å². The monoisotopic (exact) mass is 384 g/mol. The molecule has 1 heterocycles. The highest BCUT2D eigenvalue weighted by molar-refractivity contribution is 7.09. The number of carbonyl (C=O) groups excluding carboxylic acids is 2. The number of nitrogens with zero attached hydrogens (tertiary/aromatic N) is 1. The van der Waals surface area contributed by atoms with Crippen LogP contribution in [0.2, 0.25) is 0 Å². The Morgan fingerprint density at radius 2 is 1.96 bits per heavy atom. The normalized spacial score (nSPS) is 11.3. The third-order valence-corrected chi connectivity index (χ3v) is 4.06. The molecule has 0 saturated heterocycles. The molecular formula is C16H21ClN4O3S. The van der Waals surface area contributed by atoms with Gasteiger partial charge in [-0.25, -0.2) is 4.98 Å². The summed E-state index contributed by atoms with van der Waals surface area (Å²) in [5.74, 6) is -0.435. The molecule has 0 saturated carbocycles. The second kappa shape index (κ2) is 10.8. The minimum absolute atomic E-state index is 0. The first kappa shape index (κ1) is 21.0. The number of ether oxygens (including phenoxy) is 1. The van der Waals surface area contributed by atoms with Crippen molar-refractivity contribution in [3.8, 4) is 0 Å². The average Bonchev–Trinajstić information content (AvgIpc) is 3.06. The Kier molecular flexibility index (Phi) is 9.07. The third kappa shape index (κ3) is 6.79. The second-order valence-electron chi connectivity index (χ2n) is 5.06. The fourth-order valence-corrected chi connectivity index (χ4v) is 2.66. The van der Waals surface area contributed by atoms with E-state index in [0.717, 1.165) is 10.7 Å². The van der Waals surface area contributed by atoms with E-state index >= 15 is 0 Å². The number of benzene rings is 1. The first-order valence-corrected chi connectivity index (χ1v) is 8.27. The lowest BCUT2D eigenvalue weighted by Gasteiger charge is -2.09. The maximum absolute atomic E-state index is 12.0. The first-order valence-electron chi connectivity index (χ1n) is 7.39. The molecule has 1 aromatic carbocycles. The molecule has 4 N–H and O–H groups in total. The number of halogens is 1. The van der Waals surface area contributed by atoms with Gasteiger partial charge in [-0.1, -0.05) is 18.2 Å². The molecule has 2 amide bonds.